The topological polar surface area (TPSA) is 69.7 Å². The number of methoxy groups -OCH3 is 1. The molecule has 0 saturated carbocycles. The van der Waals surface area contributed by atoms with Crippen molar-refractivity contribution < 1.29 is 22.1 Å². The van der Waals surface area contributed by atoms with Crippen LogP contribution >= 0.6 is 0 Å². The van der Waals surface area contributed by atoms with E-state index in [2.05, 4.69) is 4.74 Å². The minimum absolute atomic E-state index is 0.0281. The second-order valence-corrected chi connectivity index (χ2v) is 6.26. The quantitative estimate of drug-likeness (QED) is 0.595. The molecular formula is C14H20O5S. The molecule has 0 amide bonds. The zero-order valence-corrected chi connectivity index (χ0v) is 12.9. The Morgan fingerprint density at radius 2 is 1.80 bits per heavy atom. The van der Waals surface area contributed by atoms with Gasteiger partial charge in [0.25, 0.3) is 10.1 Å². The molecule has 0 bridgehead atoms. The van der Waals surface area contributed by atoms with E-state index < -0.39 is 22.2 Å². The summed E-state index contributed by atoms with van der Waals surface area (Å²) in [6.45, 7) is 5.45. The Balaban J connectivity index is 3.02. The van der Waals surface area contributed by atoms with E-state index in [4.69, 9.17) is 4.18 Å². The summed E-state index contributed by atoms with van der Waals surface area (Å²) in [6, 6.07) is 6.25. The van der Waals surface area contributed by atoms with Crippen molar-refractivity contribution in [1.82, 2.24) is 0 Å². The predicted molar refractivity (Wildman–Crippen MR) is 74.7 cm³/mol. The average Bonchev–Trinajstić information content (AvgIpc) is 2.43. The lowest BCUT2D eigenvalue weighted by Crippen LogP contribution is -2.34. The molecule has 0 heterocycles. The Kier molecular flexibility index (Phi) is 5.71. The van der Waals surface area contributed by atoms with Gasteiger partial charge in [0.15, 0.2) is 6.10 Å². The van der Waals surface area contributed by atoms with Crippen molar-refractivity contribution in [3.05, 3.63) is 29.8 Å². The lowest BCUT2D eigenvalue weighted by atomic mass is 10.0. The number of rotatable bonds is 6. The van der Waals surface area contributed by atoms with Crippen molar-refractivity contribution in [2.45, 2.75) is 38.2 Å². The van der Waals surface area contributed by atoms with E-state index in [1.165, 1.54) is 19.2 Å². The normalized spacial score (nSPS) is 14.6. The fraction of sp³-hybridized carbons (Fsp3) is 0.500. The highest BCUT2D eigenvalue weighted by molar-refractivity contribution is 7.86. The van der Waals surface area contributed by atoms with Crippen molar-refractivity contribution in [2.75, 3.05) is 7.11 Å². The molecule has 1 aromatic rings. The molecule has 0 saturated heterocycles. The smallest absolute Gasteiger partial charge is 0.336 e. The van der Waals surface area contributed by atoms with Crippen LogP contribution in [0.4, 0.5) is 0 Å². The van der Waals surface area contributed by atoms with Crippen molar-refractivity contribution in [3.8, 4) is 0 Å². The standard InChI is InChI=1S/C14H20O5S/c1-5-11(3)13(14(15)18-4)19-20(16,17)12-8-6-10(2)7-9-12/h6-9,11,13H,5H2,1-4H3/t11-,13-/m0/s1. The number of carbonyl (C=O) groups excluding carboxylic acids is 1. The molecule has 0 N–H and O–H groups in total. The Morgan fingerprint density at radius 1 is 1.25 bits per heavy atom. The Labute approximate surface area is 120 Å². The molecule has 0 unspecified atom stereocenters. The minimum atomic E-state index is -3.99. The first kappa shape index (κ1) is 16.7. The highest BCUT2D eigenvalue weighted by Crippen LogP contribution is 2.21. The van der Waals surface area contributed by atoms with E-state index in [0.29, 0.717) is 6.42 Å². The van der Waals surface area contributed by atoms with Gasteiger partial charge in [-0.1, -0.05) is 38.0 Å². The SMILES string of the molecule is CC[C@H](C)[C@H](OS(=O)(=O)c1ccc(C)cc1)C(=O)OC. The van der Waals surface area contributed by atoms with Gasteiger partial charge in [-0.3, -0.25) is 4.18 Å². The number of ether oxygens (including phenoxy) is 1. The van der Waals surface area contributed by atoms with Crippen LogP contribution in [0, 0.1) is 12.8 Å². The van der Waals surface area contributed by atoms with Gasteiger partial charge in [-0.25, -0.2) is 4.79 Å². The summed E-state index contributed by atoms with van der Waals surface area (Å²) in [5.41, 5.74) is 0.940. The van der Waals surface area contributed by atoms with E-state index in [1.807, 2.05) is 13.8 Å². The van der Waals surface area contributed by atoms with Crippen LogP contribution in [0.15, 0.2) is 29.2 Å². The monoisotopic (exact) mass is 300 g/mol. The molecule has 1 rings (SSSR count). The van der Waals surface area contributed by atoms with E-state index in [-0.39, 0.29) is 10.8 Å². The zero-order chi connectivity index (χ0) is 15.3. The molecule has 0 aliphatic rings. The van der Waals surface area contributed by atoms with Crippen LogP contribution in [-0.2, 0) is 23.8 Å². The van der Waals surface area contributed by atoms with Gasteiger partial charge in [-0.2, -0.15) is 8.42 Å². The first-order chi connectivity index (χ1) is 9.31. The molecule has 0 radical (unpaired) electrons. The van der Waals surface area contributed by atoms with Crippen molar-refractivity contribution >= 4 is 16.1 Å². The van der Waals surface area contributed by atoms with Crippen LogP contribution in [0.3, 0.4) is 0 Å². The molecule has 5 nitrogen and oxygen atoms in total. The molecule has 1 aromatic carbocycles. The highest BCUT2D eigenvalue weighted by Gasteiger charge is 2.32. The Bertz CT molecular complexity index is 547. The number of esters is 1. The van der Waals surface area contributed by atoms with Gasteiger partial charge in [0.1, 0.15) is 0 Å². The molecule has 112 valence electrons. The van der Waals surface area contributed by atoms with Gasteiger partial charge in [-0.05, 0) is 25.0 Å². The lowest BCUT2D eigenvalue weighted by Gasteiger charge is -2.20. The van der Waals surface area contributed by atoms with Gasteiger partial charge >= 0.3 is 5.97 Å². The summed E-state index contributed by atoms with van der Waals surface area (Å²) in [7, 11) is -2.78. The average molecular weight is 300 g/mol. The molecule has 0 aliphatic heterocycles. The largest absolute Gasteiger partial charge is 0.467 e. The van der Waals surface area contributed by atoms with Crippen LogP contribution in [0.5, 0.6) is 0 Å². The number of hydrogen-bond acceptors (Lipinski definition) is 5. The van der Waals surface area contributed by atoms with Crippen LogP contribution in [0.1, 0.15) is 25.8 Å². The molecule has 0 aromatic heterocycles. The summed E-state index contributed by atoms with van der Waals surface area (Å²) in [4.78, 5) is 11.7. The molecule has 6 heteroatoms. The van der Waals surface area contributed by atoms with Crippen molar-refractivity contribution in [2.24, 2.45) is 5.92 Å². The second kappa shape index (κ2) is 6.85. The van der Waals surface area contributed by atoms with Crippen LogP contribution in [0.2, 0.25) is 0 Å². The first-order valence-electron chi connectivity index (χ1n) is 6.39. The summed E-state index contributed by atoms with van der Waals surface area (Å²) >= 11 is 0. The summed E-state index contributed by atoms with van der Waals surface area (Å²) in [5.74, 6) is -0.947. The van der Waals surface area contributed by atoms with Gasteiger partial charge in [0.05, 0.1) is 12.0 Å². The minimum Gasteiger partial charge on any atom is -0.467 e. The van der Waals surface area contributed by atoms with Gasteiger partial charge < -0.3 is 4.74 Å². The van der Waals surface area contributed by atoms with Gasteiger partial charge in [0.2, 0.25) is 0 Å². The maximum absolute atomic E-state index is 12.2. The Morgan fingerprint density at radius 3 is 2.25 bits per heavy atom. The van der Waals surface area contributed by atoms with Crippen LogP contribution in [0.25, 0.3) is 0 Å². The van der Waals surface area contributed by atoms with Crippen LogP contribution < -0.4 is 0 Å². The first-order valence-corrected chi connectivity index (χ1v) is 7.80. The summed E-state index contributed by atoms with van der Waals surface area (Å²) in [5, 5.41) is 0. The van der Waals surface area contributed by atoms with Crippen molar-refractivity contribution in [3.63, 3.8) is 0 Å². The third kappa shape index (κ3) is 4.05. The summed E-state index contributed by atoms with van der Waals surface area (Å²) < 4.78 is 34.0. The second-order valence-electron chi connectivity index (χ2n) is 4.69. The van der Waals surface area contributed by atoms with E-state index in [0.717, 1.165) is 5.56 Å². The van der Waals surface area contributed by atoms with Gasteiger partial charge in [-0.15, -0.1) is 0 Å². The third-order valence-electron chi connectivity index (χ3n) is 3.13. The molecule has 20 heavy (non-hydrogen) atoms. The fourth-order valence-electron chi connectivity index (χ4n) is 1.59. The lowest BCUT2D eigenvalue weighted by molar-refractivity contribution is -0.151. The highest BCUT2D eigenvalue weighted by atomic mass is 32.2. The van der Waals surface area contributed by atoms with E-state index in [9.17, 15) is 13.2 Å². The maximum atomic E-state index is 12.2. The molecule has 0 aliphatic carbocycles. The van der Waals surface area contributed by atoms with Gasteiger partial charge in [0, 0.05) is 0 Å². The fourth-order valence-corrected chi connectivity index (χ4v) is 2.72. The Hall–Kier alpha value is -1.40. The molecular weight excluding hydrogens is 280 g/mol. The van der Waals surface area contributed by atoms with Crippen LogP contribution in [-0.4, -0.2) is 27.6 Å². The predicted octanol–water partition coefficient (Wildman–Crippen LogP) is 2.29. The number of carbonyl (C=O) groups is 1. The number of benzene rings is 1. The summed E-state index contributed by atoms with van der Waals surface area (Å²) in [6.07, 6.45) is -0.528. The van der Waals surface area contributed by atoms with E-state index >= 15 is 0 Å². The molecule has 0 spiro atoms. The zero-order valence-electron chi connectivity index (χ0n) is 12.1. The number of hydrogen-bond donors (Lipinski definition) is 0. The maximum Gasteiger partial charge on any atom is 0.336 e. The third-order valence-corrected chi connectivity index (χ3v) is 4.44. The molecule has 2 atom stereocenters. The number of aryl methyl sites for hydroxylation is 1. The van der Waals surface area contributed by atoms with E-state index in [1.54, 1.807) is 19.1 Å². The molecule has 0 fully saturated rings. The van der Waals surface area contributed by atoms with Crippen molar-refractivity contribution in [1.29, 1.82) is 0 Å².